The van der Waals surface area contributed by atoms with Crippen LogP contribution in [0.1, 0.15) is 10.5 Å². The second-order valence-electron chi connectivity index (χ2n) is 4.85. The van der Waals surface area contributed by atoms with Crippen molar-refractivity contribution in [2.45, 2.75) is 0 Å². The fraction of sp³-hybridized carbons (Fsp3) is 0.125. The van der Waals surface area contributed by atoms with Crippen molar-refractivity contribution in [2.24, 2.45) is 0 Å². The van der Waals surface area contributed by atoms with Gasteiger partial charge in [0.25, 0.3) is 5.91 Å². The molecule has 9 heteroatoms. The lowest BCUT2D eigenvalue weighted by molar-refractivity contribution is 0.102. The Labute approximate surface area is 147 Å². The number of carbonyl (C=O) groups is 1. The zero-order valence-corrected chi connectivity index (χ0v) is 14.3. The van der Waals surface area contributed by atoms with Gasteiger partial charge in [0, 0.05) is 23.3 Å². The highest BCUT2D eigenvalue weighted by molar-refractivity contribution is 7.14. The molecule has 0 aliphatic carbocycles. The summed E-state index contributed by atoms with van der Waals surface area (Å²) in [5.74, 6) is 0.930. The van der Waals surface area contributed by atoms with Crippen LogP contribution in [0.15, 0.2) is 36.0 Å². The number of nitrogens with zero attached hydrogens (tertiary/aromatic N) is 3. The molecular weight excluding hydrogens is 342 g/mol. The Morgan fingerprint density at radius 1 is 1.20 bits per heavy atom. The van der Waals surface area contributed by atoms with E-state index in [-0.39, 0.29) is 11.5 Å². The van der Waals surface area contributed by atoms with E-state index >= 15 is 0 Å². The summed E-state index contributed by atoms with van der Waals surface area (Å²) in [4.78, 5) is 24.4. The molecule has 2 aromatic heterocycles. The number of ether oxygens (including phenoxy) is 2. The molecule has 1 amide bonds. The third-order valence-corrected chi connectivity index (χ3v) is 4.11. The van der Waals surface area contributed by atoms with Gasteiger partial charge in [-0.25, -0.2) is 15.0 Å². The van der Waals surface area contributed by atoms with Gasteiger partial charge < -0.3 is 15.2 Å². The van der Waals surface area contributed by atoms with Crippen LogP contribution in [0.2, 0.25) is 0 Å². The normalized spacial score (nSPS) is 10.3. The number of benzene rings is 1. The molecule has 128 valence electrons. The predicted molar refractivity (Wildman–Crippen MR) is 95.1 cm³/mol. The summed E-state index contributed by atoms with van der Waals surface area (Å²) in [7, 11) is 3.17. The first-order valence-electron chi connectivity index (χ1n) is 7.18. The Hall–Kier alpha value is -3.20. The van der Waals surface area contributed by atoms with Crippen LogP contribution in [0.25, 0.3) is 11.3 Å². The number of nitrogen functional groups attached to an aromatic ring is 1. The van der Waals surface area contributed by atoms with Crippen molar-refractivity contribution in [3.05, 3.63) is 41.7 Å². The molecule has 0 aliphatic heterocycles. The van der Waals surface area contributed by atoms with Gasteiger partial charge in [0.2, 0.25) is 0 Å². The van der Waals surface area contributed by atoms with E-state index in [0.717, 1.165) is 5.56 Å². The number of aromatic nitrogens is 3. The van der Waals surface area contributed by atoms with Crippen molar-refractivity contribution in [3.8, 4) is 22.8 Å². The Balaban J connectivity index is 1.86. The summed E-state index contributed by atoms with van der Waals surface area (Å²) in [6.45, 7) is 0. The molecule has 0 atom stereocenters. The molecule has 0 saturated heterocycles. The van der Waals surface area contributed by atoms with Gasteiger partial charge in [-0.05, 0) is 18.2 Å². The SMILES string of the molecule is COc1ccc(OC)c(-c2csc(NC(=O)c3nccnc3N)n2)c1. The Morgan fingerprint density at radius 2 is 2.00 bits per heavy atom. The van der Waals surface area contributed by atoms with Crippen molar-refractivity contribution >= 4 is 28.2 Å². The number of nitrogens with two attached hydrogens (primary N) is 1. The van der Waals surface area contributed by atoms with Gasteiger partial charge in [-0.1, -0.05) is 0 Å². The average molecular weight is 357 g/mol. The number of methoxy groups -OCH3 is 2. The van der Waals surface area contributed by atoms with E-state index in [1.54, 1.807) is 26.4 Å². The molecule has 0 saturated carbocycles. The number of carbonyl (C=O) groups excluding carboxylic acids is 1. The largest absolute Gasteiger partial charge is 0.497 e. The zero-order chi connectivity index (χ0) is 17.8. The molecule has 0 bridgehead atoms. The number of nitrogens with one attached hydrogen (secondary N) is 1. The molecule has 3 rings (SSSR count). The predicted octanol–water partition coefficient (Wildman–Crippen LogP) is 2.45. The molecule has 0 aliphatic rings. The Kier molecular flexibility index (Phi) is 4.75. The number of anilines is 2. The molecule has 0 radical (unpaired) electrons. The number of hydrogen-bond acceptors (Lipinski definition) is 8. The van der Waals surface area contributed by atoms with Crippen molar-refractivity contribution in [2.75, 3.05) is 25.3 Å². The number of thiazole rings is 1. The molecule has 2 heterocycles. The number of rotatable bonds is 5. The molecule has 3 aromatic rings. The van der Waals surface area contributed by atoms with Crippen LogP contribution in [0.5, 0.6) is 11.5 Å². The van der Waals surface area contributed by atoms with Crippen LogP contribution in [-0.2, 0) is 0 Å². The molecular formula is C16H15N5O3S. The summed E-state index contributed by atoms with van der Waals surface area (Å²) in [5.41, 5.74) is 7.13. The zero-order valence-electron chi connectivity index (χ0n) is 13.5. The maximum Gasteiger partial charge on any atom is 0.279 e. The van der Waals surface area contributed by atoms with Crippen LogP contribution < -0.4 is 20.5 Å². The highest BCUT2D eigenvalue weighted by atomic mass is 32.1. The highest BCUT2D eigenvalue weighted by Gasteiger charge is 2.16. The fourth-order valence-electron chi connectivity index (χ4n) is 2.15. The smallest absolute Gasteiger partial charge is 0.279 e. The average Bonchev–Trinajstić information content (AvgIpc) is 3.09. The lowest BCUT2D eigenvalue weighted by Crippen LogP contribution is -2.16. The van der Waals surface area contributed by atoms with Crippen LogP contribution >= 0.6 is 11.3 Å². The summed E-state index contributed by atoms with van der Waals surface area (Å²) in [5, 5.41) is 4.89. The standard InChI is InChI=1S/C16H15N5O3S/c1-23-9-3-4-12(24-2)10(7-9)11-8-25-16(20-11)21-15(22)13-14(17)19-6-5-18-13/h3-8H,1-2H3,(H2,17,19)(H,20,21,22). The van der Waals surface area contributed by atoms with E-state index in [0.29, 0.717) is 22.3 Å². The summed E-state index contributed by atoms with van der Waals surface area (Å²) < 4.78 is 10.6. The summed E-state index contributed by atoms with van der Waals surface area (Å²) >= 11 is 1.28. The molecule has 0 unspecified atom stereocenters. The minimum atomic E-state index is -0.468. The molecule has 3 N–H and O–H groups in total. The second-order valence-corrected chi connectivity index (χ2v) is 5.71. The van der Waals surface area contributed by atoms with E-state index in [9.17, 15) is 4.79 Å². The summed E-state index contributed by atoms with van der Waals surface area (Å²) in [6, 6.07) is 5.42. The van der Waals surface area contributed by atoms with Crippen molar-refractivity contribution in [3.63, 3.8) is 0 Å². The van der Waals surface area contributed by atoms with Crippen LogP contribution in [0.3, 0.4) is 0 Å². The molecule has 8 nitrogen and oxygen atoms in total. The minimum Gasteiger partial charge on any atom is -0.497 e. The molecule has 0 spiro atoms. The topological polar surface area (TPSA) is 112 Å². The van der Waals surface area contributed by atoms with Gasteiger partial charge in [-0.3, -0.25) is 10.1 Å². The first-order valence-corrected chi connectivity index (χ1v) is 8.06. The van der Waals surface area contributed by atoms with Gasteiger partial charge in [0.15, 0.2) is 16.6 Å². The maximum absolute atomic E-state index is 12.2. The van der Waals surface area contributed by atoms with Crippen LogP contribution in [0, 0.1) is 0 Å². The summed E-state index contributed by atoms with van der Waals surface area (Å²) in [6.07, 6.45) is 2.82. The lowest BCUT2D eigenvalue weighted by atomic mass is 10.1. The molecule has 1 aromatic carbocycles. The van der Waals surface area contributed by atoms with Crippen LogP contribution in [-0.4, -0.2) is 35.1 Å². The van der Waals surface area contributed by atoms with E-state index in [4.69, 9.17) is 15.2 Å². The highest BCUT2D eigenvalue weighted by Crippen LogP contribution is 2.35. The monoisotopic (exact) mass is 357 g/mol. The van der Waals surface area contributed by atoms with Gasteiger partial charge in [-0.15, -0.1) is 11.3 Å². The fourth-order valence-corrected chi connectivity index (χ4v) is 2.85. The van der Waals surface area contributed by atoms with Gasteiger partial charge in [0.1, 0.15) is 11.5 Å². The molecule has 25 heavy (non-hydrogen) atoms. The maximum atomic E-state index is 12.2. The lowest BCUT2D eigenvalue weighted by Gasteiger charge is -2.08. The number of hydrogen-bond donors (Lipinski definition) is 2. The van der Waals surface area contributed by atoms with Crippen LogP contribution in [0.4, 0.5) is 10.9 Å². The van der Waals surface area contributed by atoms with E-state index in [1.165, 1.54) is 23.7 Å². The van der Waals surface area contributed by atoms with Gasteiger partial charge >= 0.3 is 0 Å². The molecule has 0 fully saturated rings. The quantitative estimate of drug-likeness (QED) is 0.721. The van der Waals surface area contributed by atoms with Crippen molar-refractivity contribution in [1.82, 2.24) is 15.0 Å². The second kappa shape index (κ2) is 7.14. The third-order valence-electron chi connectivity index (χ3n) is 3.35. The van der Waals surface area contributed by atoms with Crippen molar-refractivity contribution < 1.29 is 14.3 Å². The first-order chi connectivity index (χ1) is 12.1. The van der Waals surface area contributed by atoms with Crippen molar-refractivity contribution in [1.29, 1.82) is 0 Å². The Morgan fingerprint density at radius 3 is 2.72 bits per heavy atom. The first kappa shape index (κ1) is 16.7. The third kappa shape index (κ3) is 3.50. The number of amides is 1. The Bertz CT molecular complexity index is 912. The van der Waals surface area contributed by atoms with E-state index in [1.807, 2.05) is 11.4 Å². The van der Waals surface area contributed by atoms with Gasteiger partial charge in [0.05, 0.1) is 19.9 Å². The minimum absolute atomic E-state index is 0.0539. The van der Waals surface area contributed by atoms with Gasteiger partial charge in [-0.2, -0.15) is 0 Å². The van der Waals surface area contributed by atoms with E-state index < -0.39 is 5.91 Å². The van der Waals surface area contributed by atoms with E-state index in [2.05, 4.69) is 20.3 Å².